The molecule has 10 heteroatoms. The maximum absolute atomic E-state index is 13.8. The van der Waals surface area contributed by atoms with Crippen LogP contribution in [0.1, 0.15) is 38.7 Å². The van der Waals surface area contributed by atoms with E-state index >= 15 is 0 Å². The van der Waals surface area contributed by atoms with Crippen LogP contribution in [0.25, 0.3) is 0 Å². The predicted molar refractivity (Wildman–Crippen MR) is 177 cm³/mol. The summed E-state index contributed by atoms with van der Waals surface area (Å²) in [6.07, 6.45) is 1.01. The first kappa shape index (κ1) is 29.3. The van der Waals surface area contributed by atoms with Gasteiger partial charge in [-0.25, -0.2) is 4.39 Å². The third kappa shape index (κ3) is 5.86. The van der Waals surface area contributed by atoms with Crippen LogP contribution in [-0.2, 0) is 6.54 Å². The minimum absolute atomic E-state index is 0.0402. The van der Waals surface area contributed by atoms with Gasteiger partial charge in [0.05, 0.1) is 16.9 Å². The van der Waals surface area contributed by atoms with Crippen LogP contribution in [0.5, 0.6) is 0 Å². The van der Waals surface area contributed by atoms with Gasteiger partial charge in [0.2, 0.25) is 0 Å². The fourth-order valence-corrected chi connectivity index (χ4v) is 7.44. The van der Waals surface area contributed by atoms with Gasteiger partial charge in [-0.3, -0.25) is 14.4 Å². The van der Waals surface area contributed by atoms with E-state index in [0.29, 0.717) is 66.5 Å². The Kier molecular flexibility index (Phi) is 7.91. The summed E-state index contributed by atoms with van der Waals surface area (Å²) < 4.78 is 16.0. The maximum Gasteiger partial charge on any atom is 0.256 e. The Morgan fingerprint density at radius 3 is 2.38 bits per heavy atom. The van der Waals surface area contributed by atoms with Crippen LogP contribution in [0.2, 0.25) is 0 Å². The molecule has 3 aliphatic heterocycles. The van der Waals surface area contributed by atoms with E-state index in [2.05, 4.69) is 31.0 Å². The number of piperazine rings is 1. The number of fused-ring (bicyclic) bond motifs is 4. The number of hydrogen-bond donors (Lipinski definition) is 1. The minimum atomic E-state index is -0.272. The summed E-state index contributed by atoms with van der Waals surface area (Å²) in [5.41, 5.74) is 4.47. The van der Waals surface area contributed by atoms with Gasteiger partial charge in [0.1, 0.15) is 5.82 Å². The number of halogens is 2. The monoisotopic (exact) mass is 669 g/mol. The zero-order chi connectivity index (χ0) is 31.1. The van der Waals surface area contributed by atoms with Gasteiger partial charge in [-0.2, -0.15) is 0 Å². The van der Waals surface area contributed by atoms with Gasteiger partial charge in [0, 0.05) is 79.2 Å². The Morgan fingerprint density at radius 2 is 1.60 bits per heavy atom. The molecular weight excluding hydrogens is 637 g/mol. The second-order valence-electron chi connectivity index (χ2n) is 12.0. The third-order valence-corrected chi connectivity index (χ3v) is 9.88. The summed E-state index contributed by atoms with van der Waals surface area (Å²) in [5.74, 6) is -0.152. The molecule has 0 aliphatic carbocycles. The van der Waals surface area contributed by atoms with Crippen LogP contribution >= 0.6 is 15.9 Å². The molecule has 3 aromatic carbocycles. The first-order valence-electron chi connectivity index (χ1n) is 15.3. The van der Waals surface area contributed by atoms with Crippen LogP contribution in [-0.4, -0.2) is 60.5 Å². The number of pyridine rings is 1. The Labute approximate surface area is 269 Å². The lowest BCUT2D eigenvalue weighted by Crippen LogP contribution is -2.49. The Balaban J connectivity index is 1.15. The van der Waals surface area contributed by atoms with E-state index in [-0.39, 0.29) is 29.1 Å². The highest BCUT2D eigenvalue weighted by Gasteiger charge is 2.35. The van der Waals surface area contributed by atoms with Crippen molar-refractivity contribution in [1.82, 2.24) is 9.47 Å². The third-order valence-electron chi connectivity index (χ3n) is 9.19. The molecule has 7 rings (SSSR count). The van der Waals surface area contributed by atoms with Crippen LogP contribution in [0.4, 0.5) is 21.5 Å². The number of nitrogens with zero attached hydrogens (tertiary/aromatic N) is 4. The van der Waals surface area contributed by atoms with Crippen molar-refractivity contribution >= 4 is 44.8 Å². The molecule has 3 aliphatic rings. The molecule has 0 spiro atoms. The number of hydrogen-bond acceptors (Lipinski definition) is 5. The SMILES string of the molecule is O=C(Nc1cc(C(=O)N2CCN(c3ccc(F)cc3)CC2)ccc1N1CC2CC(C1)c1cccc(=O)n1C2)c1ccccc1Br. The fourth-order valence-electron chi connectivity index (χ4n) is 6.98. The second kappa shape index (κ2) is 12.2. The quantitative estimate of drug-likeness (QED) is 0.300. The zero-order valence-corrected chi connectivity index (χ0v) is 26.2. The average Bonchev–Trinajstić information content (AvgIpc) is 3.05. The number of nitrogens with one attached hydrogen (secondary N) is 1. The van der Waals surface area contributed by atoms with Crippen LogP contribution in [0.15, 0.2) is 94.2 Å². The lowest BCUT2D eigenvalue weighted by molar-refractivity contribution is 0.0746. The summed E-state index contributed by atoms with van der Waals surface area (Å²) in [5, 5.41) is 3.11. The zero-order valence-electron chi connectivity index (χ0n) is 24.7. The Hall–Kier alpha value is -4.44. The summed E-state index contributed by atoms with van der Waals surface area (Å²) >= 11 is 3.49. The predicted octanol–water partition coefficient (Wildman–Crippen LogP) is 5.59. The molecule has 230 valence electrons. The van der Waals surface area contributed by atoms with Gasteiger partial charge in [0.15, 0.2) is 0 Å². The molecule has 1 aromatic heterocycles. The number of aromatic nitrogens is 1. The number of benzene rings is 3. The molecule has 8 nitrogen and oxygen atoms in total. The minimum Gasteiger partial charge on any atom is -0.369 e. The number of piperidine rings is 1. The van der Waals surface area contributed by atoms with Crippen molar-refractivity contribution < 1.29 is 14.0 Å². The topological polar surface area (TPSA) is 77.9 Å². The first-order valence-corrected chi connectivity index (χ1v) is 16.1. The summed E-state index contributed by atoms with van der Waals surface area (Å²) in [6, 6.07) is 24.8. The molecule has 1 N–H and O–H groups in total. The molecule has 4 aromatic rings. The molecule has 2 saturated heterocycles. The van der Waals surface area contributed by atoms with E-state index in [1.807, 2.05) is 51.9 Å². The second-order valence-corrected chi connectivity index (χ2v) is 12.9. The van der Waals surface area contributed by atoms with Gasteiger partial charge in [-0.15, -0.1) is 0 Å². The molecular formula is C35H33BrFN5O3. The fraction of sp³-hybridized carbons (Fsp3) is 0.286. The van der Waals surface area contributed by atoms with E-state index in [4.69, 9.17) is 0 Å². The van der Waals surface area contributed by atoms with Gasteiger partial charge in [-0.05, 0) is 88.9 Å². The molecule has 4 heterocycles. The standard InChI is InChI=1S/C35H33BrFN5O3/c36-29-5-2-1-4-28(29)34(44)38-30-19-24(35(45)40-16-14-39(15-17-40)27-11-9-26(37)10-12-27)8-13-32(30)41-20-23-18-25(22-41)31-6-3-7-33(43)42(31)21-23/h1-13,19,23,25H,14-18,20-22H2,(H,38,44). The van der Waals surface area contributed by atoms with Crippen molar-refractivity contribution in [1.29, 1.82) is 0 Å². The number of carbonyl (C=O) groups excluding carboxylic acids is 2. The highest BCUT2D eigenvalue weighted by molar-refractivity contribution is 9.10. The maximum atomic E-state index is 13.8. The van der Waals surface area contributed by atoms with Gasteiger partial charge >= 0.3 is 0 Å². The summed E-state index contributed by atoms with van der Waals surface area (Å²) in [7, 11) is 0. The molecule has 0 saturated carbocycles. The van der Waals surface area contributed by atoms with Crippen molar-refractivity contribution in [3.8, 4) is 0 Å². The lowest BCUT2D eigenvalue weighted by Gasteiger charge is -2.44. The summed E-state index contributed by atoms with van der Waals surface area (Å²) in [4.78, 5) is 46.1. The van der Waals surface area contributed by atoms with E-state index < -0.39 is 0 Å². The van der Waals surface area contributed by atoms with Crippen molar-refractivity contribution in [3.05, 3.63) is 122 Å². The first-order chi connectivity index (χ1) is 21.8. The number of anilines is 3. The van der Waals surface area contributed by atoms with Crippen molar-refractivity contribution in [2.24, 2.45) is 5.92 Å². The normalized spacial score (nSPS) is 19.2. The van der Waals surface area contributed by atoms with E-state index in [1.165, 1.54) is 12.1 Å². The van der Waals surface area contributed by atoms with Crippen molar-refractivity contribution in [2.45, 2.75) is 18.9 Å². The van der Waals surface area contributed by atoms with E-state index in [1.54, 1.807) is 30.3 Å². The highest BCUT2D eigenvalue weighted by Crippen LogP contribution is 2.39. The molecule has 2 unspecified atom stereocenters. The number of amides is 2. The van der Waals surface area contributed by atoms with Gasteiger partial charge < -0.3 is 24.6 Å². The molecule has 0 radical (unpaired) electrons. The largest absolute Gasteiger partial charge is 0.369 e. The number of rotatable bonds is 5. The molecule has 2 fully saturated rings. The summed E-state index contributed by atoms with van der Waals surface area (Å²) in [6.45, 7) is 4.46. The van der Waals surface area contributed by atoms with Crippen molar-refractivity contribution in [3.63, 3.8) is 0 Å². The van der Waals surface area contributed by atoms with E-state index in [0.717, 1.165) is 30.0 Å². The highest BCUT2D eigenvalue weighted by atomic mass is 79.9. The molecule has 2 atom stereocenters. The van der Waals surface area contributed by atoms with Crippen molar-refractivity contribution in [2.75, 3.05) is 54.4 Å². The van der Waals surface area contributed by atoms with Gasteiger partial charge in [0.25, 0.3) is 17.4 Å². The molecule has 2 amide bonds. The molecule has 45 heavy (non-hydrogen) atoms. The lowest BCUT2D eigenvalue weighted by atomic mass is 9.83. The van der Waals surface area contributed by atoms with Crippen LogP contribution in [0, 0.1) is 11.7 Å². The Bertz CT molecular complexity index is 1820. The Morgan fingerprint density at radius 1 is 0.822 bits per heavy atom. The molecule has 2 bridgehead atoms. The van der Waals surface area contributed by atoms with Crippen LogP contribution < -0.4 is 20.7 Å². The van der Waals surface area contributed by atoms with E-state index in [9.17, 15) is 18.8 Å². The smallest absolute Gasteiger partial charge is 0.256 e. The number of carbonyl (C=O) groups is 2. The van der Waals surface area contributed by atoms with Crippen LogP contribution in [0.3, 0.4) is 0 Å². The average molecular weight is 671 g/mol. The van der Waals surface area contributed by atoms with Gasteiger partial charge in [-0.1, -0.05) is 18.2 Å².